The zero-order chi connectivity index (χ0) is 14.5. The lowest BCUT2D eigenvalue weighted by Gasteiger charge is -2.16. The predicted octanol–water partition coefficient (Wildman–Crippen LogP) is 1.37. The van der Waals surface area contributed by atoms with Gasteiger partial charge in [-0.15, -0.1) is 5.10 Å². The number of anilines is 2. The van der Waals surface area contributed by atoms with Gasteiger partial charge in [0.15, 0.2) is 0 Å². The largest absolute Gasteiger partial charge is 0.366 e. The van der Waals surface area contributed by atoms with Crippen molar-refractivity contribution in [1.82, 2.24) is 15.2 Å². The lowest BCUT2D eigenvalue weighted by atomic mass is 9.85. The molecular weight excluding hydrogens is 254 g/mol. The van der Waals surface area contributed by atoms with E-state index < -0.39 is 5.41 Å². The minimum absolute atomic E-state index is 0.0879. The normalized spacial score (nSPS) is 16.4. The second kappa shape index (κ2) is 4.00. The fraction of sp³-hybridized carbons (Fsp3) is 0.286. The van der Waals surface area contributed by atoms with Gasteiger partial charge in [-0.05, 0) is 31.5 Å². The molecule has 0 saturated carbocycles. The van der Waals surface area contributed by atoms with Gasteiger partial charge in [0.1, 0.15) is 0 Å². The average molecular weight is 269 g/mol. The van der Waals surface area contributed by atoms with Gasteiger partial charge < -0.3 is 10.6 Å². The summed E-state index contributed by atoms with van der Waals surface area (Å²) in [4.78, 5) is 18.1. The summed E-state index contributed by atoms with van der Waals surface area (Å²) in [6, 6.07) is 5.81. The molecule has 3 rings (SSSR count). The number of hydrogen-bond acceptors (Lipinski definition) is 5. The van der Waals surface area contributed by atoms with Crippen molar-refractivity contribution in [3.8, 4) is 11.3 Å². The third kappa shape index (κ3) is 1.65. The highest BCUT2D eigenvalue weighted by molar-refractivity contribution is 6.07. The zero-order valence-corrected chi connectivity index (χ0v) is 11.6. The van der Waals surface area contributed by atoms with Crippen LogP contribution in [0.1, 0.15) is 19.4 Å². The van der Waals surface area contributed by atoms with Gasteiger partial charge in [0.25, 0.3) is 0 Å². The Hall–Kier alpha value is -2.50. The molecule has 0 fully saturated rings. The van der Waals surface area contributed by atoms with Crippen LogP contribution in [-0.4, -0.2) is 28.1 Å². The number of nitrogens with two attached hydrogens (primary N) is 1. The molecule has 102 valence electrons. The van der Waals surface area contributed by atoms with E-state index in [2.05, 4.69) is 15.2 Å². The van der Waals surface area contributed by atoms with Crippen LogP contribution in [0.25, 0.3) is 11.3 Å². The van der Waals surface area contributed by atoms with Gasteiger partial charge in [0.2, 0.25) is 11.9 Å². The smallest absolute Gasteiger partial charge is 0.240 e. The summed E-state index contributed by atoms with van der Waals surface area (Å²) in [6.45, 7) is 3.85. The SMILES string of the molecule is CN1C(=O)C(C)(C)c2cc(-c3cnnc(N)n3)ccc21. The molecule has 0 bridgehead atoms. The van der Waals surface area contributed by atoms with Crippen molar-refractivity contribution in [2.75, 3.05) is 17.7 Å². The van der Waals surface area contributed by atoms with E-state index in [0.717, 1.165) is 16.8 Å². The molecule has 0 spiro atoms. The first kappa shape index (κ1) is 12.5. The van der Waals surface area contributed by atoms with Crippen LogP contribution in [-0.2, 0) is 10.2 Å². The van der Waals surface area contributed by atoms with Crippen molar-refractivity contribution in [3.05, 3.63) is 30.0 Å². The first-order chi connectivity index (χ1) is 9.41. The van der Waals surface area contributed by atoms with Crippen LogP contribution in [0.2, 0.25) is 0 Å². The molecule has 6 nitrogen and oxygen atoms in total. The lowest BCUT2D eigenvalue weighted by molar-refractivity contribution is -0.121. The third-order valence-corrected chi connectivity index (χ3v) is 3.74. The van der Waals surface area contributed by atoms with Crippen molar-refractivity contribution < 1.29 is 4.79 Å². The van der Waals surface area contributed by atoms with Crippen molar-refractivity contribution in [2.45, 2.75) is 19.3 Å². The van der Waals surface area contributed by atoms with Gasteiger partial charge >= 0.3 is 0 Å². The molecule has 1 amide bonds. The third-order valence-electron chi connectivity index (χ3n) is 3.74. The number of carbonyl (C=O) groups is 1. The molecular formula is C14H15N5O. The fourth-order valence-electron chi connectivity index (χ4n) is 2.59. The minimum atomic E-state index is -0.536. The van der Waals surface area contributed by atoms with Gasteiger partial charge in [-0.25, -0.2) is 4.98 Å². The maximum atomic E-state index is 12.3. The van der Waals surface area contributed by atoms with Crippen LogP contribution >= 0.6 is 0 Å². The maximum Gasteiger partial charge on any atom is 0.240 e. The Kier molecular flexibility index (Phi) is 2.50. The van der Waals surface area contributed by atoms with E-state index in [1.807, 2.05) is 32.0 Å². The molecule has 0 unspecified atom stereocenters. The highest BCUT2D eigenvalue weighted by Gasteiger charge is 2.42. The Balaban J connectivity index is 2.16. The number of fused-ring (bicyclic) bond motifs is 1. The van der Waals surface area contributed by atoms with Gasteiger partial charge in [0.05, 0.1) is 17.3 Å². The molecule has 2 N–H and O–H groups in total. The van der Waals surface area contributed by atoms with Crippen molar-refractivity contribution in [3.63, 3.8) is 0 Å². The minimum Gasteiger partial charge on any atom is -0.366 e. The highest BCUT2D eigenvalue weighted by Crippen LogP contribution is 2.42. The molecule has 2 heterocycles. The number of nitrogens with zero attached hydrogens (tertiary/aromatic N) is 4. The highest BCUT2D eigenvalue weighted by atomic mass is 16.2. The van der Waals surface area contributed by atoms with E-state index in [1.54, 1.807) is 18.1 Å². The van der Waals surface area contributed by atoms with E-state index in [-0.39, 0.29) is 11.9 Å². The summed E-state index contributed by atoms with van der Waals surface area (Å²) in [5.74, 6) is 0.223. The quantitative estimate of drug-likeness (QED) is 0.845. The molecule has 0 atom stereocenters. The van der Waals surface area contributed by atoms with Crippen LogP contribution in [0.5, 0.6) is 0 Å². The van der Waals surface area contributed by atoms with Gasteiger partial charge in [0, 0.05) is 18.3 Å². The average Bonchev–Trinajstić information content (AvgIpc) is 2.60. The molecule has 1 aliphatic rings. The monoisotopic (exact) mass is 269 g/mol. The number of benzene rings is 1. The second-order valence-corrected chi connectivity index (χ2v) is 5.42. The lowest BCUT2D eigenvalue weighted by Crippen LogP contribution is -2.33. The zero-order valence-electron chi connectivity index (χ0n) is 11.6. The van der Waals surface area contributed by atoms with Gasteiger partial charge in [-0.3, -0.25) is 4.79 Å². The van der Waals surface area contributed by atoms with Gasteiger partial charge in [-0.2, -0.15) is 5.10 Å². The second-order valence-electron chi connectivity index (χ2n) is 5.42. The molecule has 1 aliphatic heterocycles. The first-order valence-corrected chi connectivity index (χ1v) is 6.29. The number of likely N-dealkylation sites (N-methyl/N-ethyl adjacent to an activating group) is 1. The number of rotatable bonds is 1. The molecule has 1 aromatic carbocycles. The molecule has 1 aromatic heterocycles. The van der Waals surface area contributed by atoms with E-state index in [1.165, 1.54) is 0 Å². The molecule has 0 aliphatic carbocycles. The number of hydrogen-bond donors (Lipinski definition) is 1. The maximum absolute atomic E-state index is 12.3. The van der Waals surface area contributed by atoms with Crippen LogP contribution < -0.4 is 10.6 Å². The topological polar surface area (TPSA) is 85.0 Å². The van der Waals surface area contributed by atoms with Crippen LogP contribution in [0, 0.1) is 0 Å². The molecule has 0 radical (unpaired) electrons. The fourth-order valence-corrected chi connectivity index (χ4v) is 2.59. The van der Waals surface area contributed by atoms with Crippen LogP contribution in [0.15, 0.2) is 24.4 Å². The summed E-state index contributed by atoms with van der Waals surface area (Å²) >= 11 is 0. The number of amides is 1. The molecule has 0 saturated heterocycles. The predicted molar refractivity (Wildman–Crippen MR) is 76.1 cm³/mol. The summed E-state index contributed by atoms with van der Waals surface area (Å²) < 4.78 is 0. The number of aromatic nitrogens is 3. The Bertz CT molecular complexity index is 710. The first-order valence-electron chi connectivity index (χ1n) is 6.29. The summed E-state index contributed by atoms with van der Waals surface area (Å²) in [5.41, 5.74) is 8.47. The van der Waals surface area contributed by atoms with E-state index in [9.17, 15) is 4.79 Å². The Morgan fingerprint density at radius 3 is 2.75 bits per heavy atom. The summed E-state index contributed by atoms with van der Waals surface area (Å²) in [5, 5.41) is 7.45. The number of carbonyl (C=O) groups excluding carboxylic acids is 1. The standard InChI is InChI=1S/C14H15N5O/c1-14(2)9-6-8(10-7-16-18-13(15)17-10)4-5-11(9)19(3)12(14)20/h4-7H,1-3H3,(H2,15,17,18). The van der Waals surface area contributed by atoms with Crippen LogP contribution in [0.4, 0.5) is 11.6 Å². The van der Waals surface area contributed by atoms with E-state index in [0.29, 0.717) is 5.69 Å². The molecule has 20 heavy (non-hydrogen) atoms. The number of nitrogen functional groups attached to an aromatic ring is 1. The van der Waals surface area contributed by atoms with Crippen molar-refractivity contribution >= 4 is 17.5 Å². The molecule has 2 aromatic rings. The molecule has 6 heteroatoms. The Labute approximate surface area is 116 Å². The Morgan fingerprint density at radius 1 is 1.30 bits per heavy atom. The van der Waals surface area contributed by atoms with Crippen LogP contribution in [0.3, 0.4) is 0 Å². The van der Waals surface area contributed by atoms with Crippen molar-refractivity contribution in [2.24, 2.45) is 0 Å². The Morgan fingerprint density at radius 2 is 2.05 bits per heavy atom. The summed E-state index contributed by atoms with van der Waals surface area (Å²) in [6.07, 6.45) is 1.56. The van der Waals surface area contributed by atoms with Crippen molar-refractivity contribution in [1.29, 1.82) is 0 Å². The van der Waals surface area contributed by atoms with E-state index in [4.69, 9.17) is 5.73 Å². The summed E-state index contributed by atoms with van der Waals surface area (Å²) in [7, 11) is 1.79. The van der Waals surface area contributed by atoms with Gasteiger partial charge in [-0.1, -0.05) is 6.07 Å². The van der Waals surface area contributed by atoms with E-state index >= 15 is 0 Å².